The van der Waals surface area contributed by atoms with Crippen molar-refractivity contribution in [2.24, 2.45) is 0 Å². The van der Waals surface area contributed by atoms with Crippen LogP contribution in [0.5, 0.6) is 0 Å². The second-order valence-corrected chi connectivity index (χ2v) is 8.72. The van der Waals surface area contributed by atoms with Crippen molar-refractivity contribution in [3.8, 4) is 11.3 Å². The zero-order valence-electron chi connectivity index (χ0n) is 17.0. The summed E-state index contributed by atoms with van der Waals surface area (Å²) in [4.78, 5) is 16.9. The number of anilines is 1. The smallest absolute Gasteiger partial charge is 0.235 e. The van der Waals surface area contributed by atoms with Crippen LogP contribution in [0.25, 0.3) is 22.2 Å². The fraction of sp³-hybridized carbons (Fsp3) is 0.409. The number of para-hydroxylation sites is 1. The molecule has 7 heteroatoms. The van der Waals surface area contributed by atoms with Crippen molar-refractivity contribution < 1.29 is 9.53 Å². The third kappa shape index (κ3) is 2.84. The number of hydrogen-bond donors (Lipinski definition) is 2. The van der Waals surface area contributed by atoms with Gasteiger partial charge in [0, 0.05) is 29.3 Å². The van der Waals surface area contributed by atoms with E-state index in [1.54, 1.807) is 6.20 Å². The van der Waals surface area contributed by atoms with Crippen molar-refractivity contribution in [2.75, 3.05) is 25.1 Å². The molecule has 1 atom stereocenters. The monoisotopic (exact) mass is 391 g/mol. The van der Waals surface area contributed by atoms with Gasteiger partial charge in [0.25, 0.3) is 0 Å². The van der Waals surface area contributed by atoms with Crippen LogP contribution in [0.2, 0.25) is 0 Å². The van der Waals surface area contributed by atoms with Crippen molar-refractivity contribution in [3.63, 3.8) is 0 Å². The summed E-state index contributed by atoms with van der Waals surface area (Å²) in [5.74, 6) is 0.595. The first-order valence-electron chi connectivity index (χ1n) is 9.99. The van der Waals surface area contributed by atoms with E-state index in [1.807, 2.05) is 32.0 Å². The summed E-state index contributed by atoms with van der Waals surface area (Å²) in [7, 11) is 0. The van der Waals surface area contributed by atoms with Crippen LogP contribution in [0.15, 0.2) is 36.5 Å². The lowest BCUT2D eigenvalue weighted by Gasteiger charge is -2.34. The van der Waals surface area contributed by atoms with Crippen molar-refractivity contribution in [3.05, 3.63) is 42.1 Å². The quantitative estimate of drug-likeness (QED) is 0.718. The molecular weight excluding hydrogens is 366 g/mol. The fourth-order valence-corrected chi connectivity index (χ4v) is 4.42. The Labute approximate surface area is 169 Å². The van der Waals surface area contributed by atoms with E-state index >= 15 is 0 Å². The average molecular weight is 391 g/mol. The zero-order chi connectivity index (χ0) is 20.2. The summed E-state index contributed by atoms with van der Waals surface area (Å²) in [5, 5.41) is 12.6. The minimum Gasteiger partial charge on any atom is -0.378 e. The number of rotatable bonds is 3. The maximum atomic E-state index is 12.5. The number of benzene rings is 1. The number of ether oxygens (including phenoxy) is 1. The Hall–Kier alpha value is -2.77. The SMILES string of the molecule is CC1(Cn2nc(-c3ccnc4c3C(C)(C)C(=O)N4)c3ccccc32)COCCN1. The molecule has 2 aliphatic rings. The van der Waals surface area contributed by atoms with Crippen molar-refractivity contribution in [1.82, 2.24) is 20.1 Å². The van der Waals surface area contributed by atoms with Crippen molar-refractivity contribution >= 4 is 22.6 Å². The Morgan fingerprint density at radius 1 is 1.21 bits per heavy atom. The molecule has 1 saturated heterocycles. The second-order valence-electron chi connectivity index (χ2n) is 8.72. The Kier molecular flexibility index (Phi) is 4.01. The van der Waals surface area contributed by atoms with Gasteiger partial charge in [0.1, 0.15) is 11.5 Å². The molecule has 2 aliphatic heterocycles. The Morgan fingerprint density at radius 2 is 2.03 bits per heavy atom. The van der Waals surface area contributed by atoms with Crippen molar-refractivity contribution in [1.29, 1.82) is 0 Å². The molecule has 0 spiro atoms. The van der Waals surface area contributed by atoms with Crippen LogP contribution in [0.3, 0.4) is 0 Å². The van der Waals surface area contributed by atoms with E-state index in [0.29, 0.717) is 19.0 Å². The van der Waals surface area contributed by atoms with Crippen LogP contribution in [0, 0.1) is 0 Å². The van der Waals surface area contributed by atoms with Gasteiger partial charge in [-0.3, -0.25) is 9.48 Å². The summed E-state index contributed by atoms with van der Waals surface area (Å²) >= 11 is 0. The van der Waals surface area contributed by atoms with Crippen LogP contribution < -0.4 is 10.6 Å². The summed E-state index contributed by atoms with van der Waals surface area (Å²) in [6, 6.07) is 10.2. The van der Waals surface area contributed by atoms with Crippen LogP contribution in [-0.4, -0.2) is 46.0 Å². The van der Waals surface area contributed by atoms with Crippen LogP contribution >= 0.6 is 0 Å². The first kappa shape index (κ1) is 18.3. The standard InChI is InChI=1S/C22H25N5O2/c1-21(2)17-15(8-9-23-19(17)25-20(21)28)18-14-6-4-5-7-16(14)27(26-18)12-22(3)13-29-11-10-24-22/h4-9,24H,10-13H2,1-3H3,(H,23,25,28). The maximum Gasteiger partial charge on any atom is 0.235 e. The highest BCUT2D eigenvalue weighted by molar-refractivity contribution is 6.08. The van der Waals surface area contributed by atoms with Crippen LogP contribution in [-0.2, 0) is 21.5 Å². The molecule has 0 saturated carbocycles. The number of carbonyl (C=O) groups excluding carboxylic acids is 1. The molecule has 1 unspecified atom stereocenters. The molecule has 2 N–H and O–H groups in total. The number of pyridine rings is 1. The lowest BCUT2D eigenvalue weighted by molar-refractivity contribution is -0.119. The number of nitrogens with zero attached hydrogens (tertiary/aromatic N) is 3. The fourth-order valence-electron chi connectivity index (χ4n) is 4.42. The molecule has 29 heavy (non-hydrogen) atoms. The predicted molar refractivity (Wildman–Crippen MR) is 112 cm³/mol. The average Bonchev–Trinajstić information content (AvgIpc) is 3.17. The number of carbonyl (C=O) groups is 1. The molecule has 0 bridgehead atoms. The molecule has 5 rings (SSSR count). The molecule has 3 aromatic rings. The van der Waals surface area contributed by atoms with E-state index < -0.39 is 5.41 Å². The van der Waals surface area contributed by atoms with Gasteiger partial charge in [-0.15, -0.1) is 0 Å². The highest BCUT2D eigenvalue weighted by atomic mass is 16.5. The van der Waals surface area contributed by atoms with Gasteiger partial charge in [-0.25, -0.2) is 4.98 Å². The topological polar surface area (TPSA) is 81.1 Å². The van der Waals surface area contributed by atoms with E-state index in [9.17, 15) is 4.79 Å². The van der Waals surface area contributed by atoms with Crippen LogP contribution in [0.4, 0.5) is 5.82 Å². The number of nitrogens with one attached hydrogen (secondary N) is 2. The van der Waals surface area contributed by atoms with E-state index in [2.05, 4.69) is 39.4 Å². The minimum atomic E-state index is -0.658. The molecule has 2 aromatic heterocycles. The normalized spacial score (nSPS) is 23.2. The van der Waals surface area contributed by atoms with Crippen molar-refractivity contribution in [2.45, 2.75) is 38.3 Å². The third-order valence-corrected chi connectivity index (χ3v) is 6.01. The summed E-state index contributed by atoms with van der Waals surface area (Å²) < 4.78 is 7.75. The minimum absolute atomic E-state index is 0.0350. The maximum absolute atomic E-state index is 12.5. The largest absolute Gasteiger partial charge is 0.378 e. The predicted octanol–water partition coefficient (Wildman–Crippen LogP) is 2.71. The lowest BCUT2D eigenvalue weighted by atomic mass is 9.83. The number of aromatic nitrogens is 3. The zero-order valence-corrected chi connectivity index (χ0v) is 17.0. The van der Waals surface area contributed by atoms with E-state index in [4.69, 9.17) is 9.84 Å². The van der Waals surface area contributed by atoms with Gasteiger partial charge in [0.05, 0.1) is 36.2 Å². The molecular formula is C22H25N5O2. The van der Waals surface area contributed by atoms with E-state index in [0.717, 1.165) is 40.9 Å². The Morgan fingerprint density at radius 3 is 2.83 bits per heavy atom. The first-order chi connectivity index (χ1) is 13.9. The Balaban J connectivity index is 1.67. The van der Waals surface area contributed by atoms with Gasteiger partial charge >= 0.3 is 0 Å². The molecule has 0 radical (unpaired) electrons. The number of hydrogen-bond acceptors (Lipinski definition) is 5. The highest BCUT2D eigenvalue weighted by Gasteiger charge is 2.42. The van der Waals surface area contributed by atoms with Gasteiger partial charge in [0.15, 0.2) is 0 Å². The highest BCUT2D eigenvalue weighted by Crippen LogP contribution is 2.43. The summed E-state index contributed by atoms with van der Waals surface area (Å²) in [6.07, 6.45) is 1.74. The number of morpholine rings is 1. The molecule has 1 aromatic carbocycles. The molecule has 4 heterocycles. The van der Waals surface area contributed by atoms with Gasteiger partial charge in [-0.05, 0) is 32.9 Å². The lowest BCUT2D eigenvalue weighted by Crippen LogP contribution is -2.54. The van der Waals surface area contributed by atoms with Gasteiger partial charge < -0.3 is 15.4 Å². The first-order valence-corrected chi connectivity index (χ1v) is 9.99. The summed E-state index contributed by atoms with van der Waals surface area (Å²) in [6.45, 7) is 8.94. The third-order valence-electron chi connectivity index (χ3n) is 6.01. The van der Waals surface area contributed by atoms with E-state index in [1.165, 1.54) is 0 Å². The number of fused-ring (bicyclic) bond motifs is 2. The molecule has 0 aliphatic carbocycles. The summed E-state index contributed by atoms with van der Waals surface area (Å²) in [5.41, 5.74) is 2.97. The second kappa shape index (κ2) is 6.37. The van der Waals surface area contributed by atoms with Crippen LogP contribution in [0.1, 0.15) is 26.3 Å². The molecule has 7 nitrogen and oxygen atoms in total. The Bertz CT molecular complexity index is 1110. The number of amides is 1. The van der Waals surface area contributed by atoms with Gasteiger partial charge in [-0.2, -0.15) is 5.10 Å². The van der Waals surface area contributed by atoms with Gasteiger partial charge in [0.2, 0.25) is 5.91 Å². The molecule has 1 fully saturated rings. The molecule has 1 amide bonds. The van der Waals surface area contributed by atoms with Gasteiger partial charge in [-0.1, -0.05) is 18.2 Å². The molecule has 150 valence electrons. The van der Waals surface area contributed by atoms with E-state index in [-0.39, 0.29) is 11.4 Å².